The molecule has 6 heteroatoms. The van der Waals surface area contributed by atoms with Crippen molar-refractivity contribution in [1.82, 2.24) is 15.0 Å². The molecule has 5 rings (SSSR count). The maximum absolute atomic E-state index is 12.7. The van der Waals surface area contributed by atoms with Crippen molar-refractivity contribution in [2.24, 2.45) is 11.7 Å². The second-order valence-electron chi connectivity index (χ2n) is 7.86. The van der Waals surface area contributed by atoms with Gasteiger partial charge in [0.25, 0.3) is 0 Å². The van der Waals surface area contributed by atoms with Crippen LogP contribution in [-0.4, -0.2) is 32.8 Å². The number of rotatable bonds is 6. The zero-order valence-corrected chi connectivity index (χ0v) is 15.9. The van der Waals surface area contributed by atoms with Gasteiger partial charge in [-0.25, -0.2) is 9.97 Å². The summed E-state index contributed by atoms with van der Waals surface area (Å²) in [7, 11) is 0. The molecule has 6 nitrogen and oxygen atoms in total. The highest BCUT2D eigenvalue weighted by molar-refractivity contribution is 5.91. The van der Waals surface area contributed by atoms with Crippen LogP contribution in [0.4, 0.5) is 5.82 Å². The Morgan fingerprint density at radius 3 is 2.75 bits per heavy atom. The van der Waals surface area contributed by atoms with Gasteiger partial charge in [-0.1, -0.05) is 37.3 Å². The lowest BCUT2D eigenvalue weighted by atomic mass is 9.81. The standard InChI is InChI=1S/C22H23N5O/c1-14-12-27(21-19-6-7-24-20(19)25-13-26-21)22(14)10-17(22)9-18(28)8-15-2-4-16(11-23)5-3-15/h2-7,10,13-14H,8-9,11-12,23H2,1H3,(H,24,25,26). The molecule has 1 aliphatic carbocycles. The van der Waals surface area contributed by atoms with Crippen LogP contribution in [0.1, 0.15) is 24.5 Å². The second kappa shape index (κ2) is 6.27. The van der Waals surface area contributed by atoms with Crippen LogP contribution in [0.3, 0.4) is 0 Å². The van der Waals surface area contributed by atoms with Crippen LogP contribution in [0.2, 0.25) is 0 Å². The number of benzene rings is 1. The zero-order valence-electron chi connectivity index (χ0n) is 15.9. The Hall–Kier alpha value is -2.99. The maximum Gasteiger partial charge on any atom is 0.142 e. The molecule has 0 radical (unpaired) electrons. The third-order valence-electron chi connectivity index (χ3n) is 6.12. The van der Waals surface area contributed by atoms with E-state index in [2.05, 4.69) is 32.9 Å². The monoisotopic (exact) mass is 373 g/mol. The van der Waals surface area contributed by atoms with Crippen molar-refractivity contribution in [3.63, 3.8) is 0 Å². The van der Waals surface area contributed by atoms with Crippen LogP contribution in [0.25, 0.3) is 11.0 Å². The molecule has 0 bridgehead atoms. The summed E-state index contributed by atoms with van der Waals surface area (Å²) < 4.78 is 0. The average Bonchev–Trinajstić information content (AvgIpc) is 3.25. The number of hydrogen-bond acceptors (Lipinski definition) is 5. The first-order chi connectivity index (χ1) is 13.6. The maximum atomic E-state index is 12.7. The molecular weight excluding hydrogens is 350 g/mol. The Morgan fingerprint density at radius 2 is 2.00 bits per heavy atom. The molecular formula is C22H23N5O. The Morgan fingerprint density at radius 1 is 1.21 bits per heavy atom. The number of aromatic amines is 1. The number of H-pyrrole nitrogens is 1. The van der Waals surface area contributed by atoms with Gasteiger partial charge in [0, 0.05) is 38.0 Å². The molecule has 2 aliphatic rings. The van der Waals surface area contributed by atoms with Crippen molar-refractivity contribution < 1.29 is 4.79 Å². The van der Waals surface area contributed by atoms with Gasteiger partial charge in [0.2, 0.25) is 0 Å². The van der Waals surface area contributed by atoms with Crippen LogP contribution in [-0.2, 0) is 17.8 Å². The SMILES string of the molecule is CC1CN(c2ncnc3[nH]ccc23)C12C=C2CC(=O)Cc1ccc(CN)cc1. The van der Waals surface area contributed by atoms with Crippen molar-refractivity contribution in [1.29, 1.82) is 0 Å². The molecule has 1 aliphatic heterocycles. The number of aromatic nitrogens is 3. The van der Waals surface area contributed by atoms with Crippen LogP contribution >= 0.6 is 0 Å². The quantitative estimate of drug-likeness (QED) is 0.649. The summed E-state index contributed by atoms with van der Waals surface area (Å²) in [5, 5.41) is 1.03. The molecule has 2 aromatic heterocycles. The van der Waals surface area contributed by atoms with Gasteiger partial charge in [-0.05, 0) is 22.8 Å². The fourth-order valence-corrected chi connectivity index (χ4v) is 4.48. The van der Waals surface area contributed by atoms with Gasteiger partial charge in [-0.2, -0.15) is 0 Å². The third-order valence-corrected chi connectivity index (χ3v) is 6.12. The molecule has 1 saturated heterocycles. The van der Waals surface area contributed by atoms with Crippen molar-refractivity contribution in [3.8, 4) is 0 Å². The van der Waals surface area contributed by atoms with E-state index in [9.17, 15) is 4.79 Å². The topological polar surface area (TPSA) is 87.9 Å². The molecule has 28 heavy (non-hydrogen) atoms. The Bertz CT molecular complexity index is 1080. The van der Waals surface area contributed by atoms with Gasteiger partial charge in [0.1, 0.15) is 23.6 Å². The summed E-state index contributed by atoms with van der Waals surface area (Å²) in [6.07, 6.45) is 6.70. The van der Waals surface area contributed by atoms with E-state index in [1.165, 1.54) is 5.57 Å². The molecule has 0 amide bonds. The van der Waals surface area contributed by atoms with Crippen molar-refractivity contribution >= 4 is 22.6 Å². The Kier molecular flexibility index (Phi) is 3.84. The largest absolute Gasteiger partial charge is 0.346 e. The zero-order chi connectivity index (χ0) is 19.3. The van der Waals surface area contributed by atoms with E-state index in [0.29, 0.717) is 25.3 Å². The first-order valence-corrected chi connectivity index (χ1v) is 9.69. The number of nitrogens with two attached hydrogens (primary N) is 1. The number of carbonyl (C=O) groups excluding carboxylic acids is 1. The number of Topliss-reactive ketones (excluding diaryl/α,β-unsaturated/α-hetero) is 1. The van der Waals surface area contributed by atoms with Gasteiger partial charge in [-0.15, -0.1) is 0 Å². The van der Waals surface area contributed by atoms with Gasteiger partial charge in [0.15, 0.2) is 0 Å². The highest BCUT2D eigenvalue weighted by Crippen LogP contribution is 2.56. The molecule has 142 valence electrons. The van der Waals surface area contributed by atoms with Crippen LogP contribution in [0, 0.1) is 5.92 Å². The van der Waals surface area contributed by atoms with Gasteiger partial charge >= 0.3 is 0 Å². The average molecular weight is 373 g/mol. The normalized spacial score (nSPS) is 23.0. The number of ketones is 1. The Labute approximate surface area is 163 Å². The predicted octanol–water partition coefficient (Wildman–Crippen LogP) is 2.75. The molecule has 3 aromatic rings. The van der Waals surface area contributed by atoms with Crippen LogP contribution in [0.15, 0.2) is 54.5 Å². The first kappa shape index (κ1) is 17.1. The molecule has 2 atom stereocenters. The van der Waals surface area contributed by atoms with E-state index < -0.39 is 0 Å². The first-order valence-electron chi connectivity index (χ1n) is 9.69. The van der Waals surface area contributed by atoms with Crippen molar-refractivity contribution in [2.45, 2.75) is 31.8 Å². The highest BCUT2D eigenvalue weighted by Gasteiger charge is 2.61. The summed E-state index contributed by atoms with van der Waals surface area (Å²) in [6.45, 7) is 3.70. The number of hydrogen-bond donors (Lipinski definition) is 2. The molecule has 3 heterocycles. The third kappa shape index (κ3) is 2.56. The van der Waals surface area contributed by atoms with E-state index >= 15 is 0 Å². The number of anilines is 1. The van der Waals surface area contributed by atoms with Crippen molar-refractivity contribution in [2.75, 3.05) is 11.4 Å². The number of carbonyl (C=O) groups is 1. The van der Waals surface area contributed by atoms with Crippen LogP contribution in [0.5, 0.6) is 0 Å². The molecule has 1 fully saturated rings. The molecule has 1 spiro atoms. The fourth-order valence-electron chi connectivity index (χ4n) is 4.48. The van der Waals surface area contributed by atoms with E-state index in [4.69, 9.17) is 5.73 Å². The Balaban J connectivity index is 1.29. The van der Waals surface area contributed by atoms with Crippen molar-refractivity contribution in [3.05, 3.63) is 65.6 Å². The summed E-state index contributed by atoms with van der Waals surface area (Å²) in [5.74, 6) is 1.68. The van der Waals surface area contributed by atoms with Gasteiger partial charge in [0.05, 0.1) is 10.9 Å². The lowest BCUT2D eigenvalue weighted by Crippen LogP contribution is -2.60. The lowest BCUT2D eigenvalue weighted by Gasteiger charge is -2.50. The molecule has 3 N–H and O–H groups in total. The minimum absolute atomic E-state index is 0.113. The fraction of sp³-hybridized carbons (Fsp3) is 0.318. The smallest absolute Gasteiger partial charge is 0.142 e. The van der Waals surface area contributed by atoms with Gasteiger partial charge in [-0.3, -0.25) is 4.79 Å². The minimum atomic E-state index is -0.113. The second-order valence-corrected chi connectivity index (χ2v) is 7.86. The number of nitrogens with one attached hydrogen (secondary N) is 1. The van der Waals surface area contributed by atoms with E-state index in [-0.39, 0.29) is 11.3 Å². The summed E-state index contributed by atoms with van der Waals surface area (Å²) >= 11 is 0. The summed E-state index contributed by atoms with van der Waals surface area (Å²) in [5.41, 5.74) is 9.72. The lowest BCUT2D eigenvalue weighted by molar-refractivity contribution is -0.117. The van der Waals surface area contributed by atoms with Gasteiger partial charge < -0.3 is 15.6 Å². The molecule has 0 saturated carbocycles. The van der Waals surface area contributed by atoms with E-state index in [1.54, 1.807) is 6.33 Å². The number of nitrogens with zero attached hydrogens (tertiary/aromatic N) is 3. The summed E-state index contributed by atoms with van der Waals surface area (Å²) in [4.78, 5) is 26.9. The molecule has 1 aromatic carbocycles. The highest BCUT2D eigenvalue weighted by atomic mass is 16.1. The molecule has 2 unspecified atom stereocenters. The number of fused-ring (bicyclic) bond motifs is 1. The predicted molar refractivity (Wildman–Crippen MR) is 109 cm³/mol. The minimum Gasteiger partial charge on any atom is -0.346 e. The van der Waals surface area contributed by atoms with Crippen LogP contribution < -0.4 is 10.6 Å². The van der Waals surface area contributed by atoms with E-state index in [0.717, 1.165) is 34.5 Å². The van der Waals surface area contributed by atoms with E-state index in [1.807, 2.05) is 36.5 Å². The summed E-state index contributed by atoms with van der Waals surface area (Å²) in [6, 6.07) is 10.00.